The standard InChI is InChI=1S/C14H21N3O5S/c1-5-9(2)12(14(19)20)16-13(18)10-6-7-11(15-8-10)23(21,22)17(3)4/h6-9,12H,5H2,1-4H3,(H,16,18)(H,19,20)/t9-,12-/m0/s1. The largest absolute Gasteiger partial charge is 0.480 e. The van der Waals surface area contributed by atoms with Gasteiger partial charge < -0.3 is 10.4 Å². The molecule has 1 rings (SSSR count). The molecule has 1 aromatic heterocycles. The first-order valence-electron chi connectivity index (χ1n) is 7.03. The van der Waals surface area contributed by atoms with Crippen LogP contribution in [0, 0.1) is 5.92 Å². The molecule has 0 bridgehead atoms. The van der Waals surface area contributed by atoms with Crippen LogP contribution >= 0.6 is 0 Å². The lowest BCUT2D eigenvalue weighted by Gasteiger charge is -2.20. The number of nitrogens with zero attached hydrogens (tertiary/aromatic N) is 2. The molecule has 0 aromatic carbocycles. The van der Waals surface area contributed by atoms with Gasteiger partial charge in [0.05, 0.1) is 5.56 Å². The topological polar surface area (TPSA) is 117 Å². The maximum Gasteiger partial charge on any atom is 0.326 e. The number of carboxylic acids is 1. The maximum atomic E-state index is 12.1. The Morgan fingerprint density at radius 3 is 2.35 bits per heavy atom. The molecule has 0 unspecified atom stereocenters. The molecule has 2 atom stereocenters. The van der Waals surface area contributed by atoms with Gasteiger partial charge in [0.1, 0.15) is 6.04 Å². The third kappa shape index (κ3) is 4.49. The van der Waals surface area contributed by atoms with Gasteiger partial charge in [0, 0.05) is 20.3 Å². The molecule has 128 valence electrons. The van der Waals surface area contributed by atoms with Crippen molar-refractivity contribution >= 4 is 21.9 Å². The fraction of sp³-hybridized carbons (Fsp3) is 0.500. The molecule has 0 spiro atoms. The van der Waals surface area contributed by atoms with E-state index in [4.69, 9.17) is 5.11 Å². The molecular weight excluding hydrogens is 322 g/mol. The highest BCUT2D eigenvalue weighted by atomic mass is 32.2. The Bertz CT molecular complexity index is 670. The van der Waals surface area contributed by atoms with Crippen molar-refractivity contribution in [3.63, 3.8) is 0 Å². The van der Waals surface area contributed by atoms with Crippen LogP contribution in [-0.4, -0.2) is 54.8 Å². The maximum absolute atomic E-state index is 12.1. The van der Waals surface area contributed by atoms with Gasteiger partial charge in [-0.05, 0) is 18.1 Å². The number of aromatic nitrogens is 1. The van der Waals surface area contributed by atoms with Crippen molar-refractivity contribution in [2.45, 2.75) is 31.3 Å². The Morgan fingerprint density at radius 2 is 1.96 bits per heavy atom. The number of amides is 1. The van der Waals surface area contributed by atoms with E-state index in [0.29, 0.717) is 6.42 Å². The van der Waals surface area contributed by atoms with E-state index in [1.54, 1.807) is 6.92 Å². The highest BCUT2D eigenvalue weighted by molar-refractivity contribution is 7.89. The minimum atomic E-state index is -3.68. The van der Waals surface area contributed by atoms with Crippen LogP contribution in [-0.2, 0) is 14.8 Å². The second-order valence-corrected chi connectivity index (χ2v) is 7.45. The van der Waals surface area contributed by atoms with Gasteiger partial charge in [-0.2, -0.15) is 0 Å². The summed E-state index contributed by atoms with van der Waals surface area (Å²) >= 11 is 0. The van der Waals surface area contributed by atoms with Crippen molar-refractivity contribution in [3.8, 4) is 0 Å². The summed E-state index contributed by atoms with van der Waals surface area (Å²) in [6.45, 7) is 3.55. The first kappa shape index (κ1) is 19.0. The van der Waals surface area contributed by atoms with E-state index in [-0.39, 0.29) is 16.5 Å². The first-order valence-corrected chi connectivity index (χ1v) is 8.47. The fourth-order valence-electron chi connectivity index (χ4n) is 1.76. The van der Waals surface area contributed by atoms with E-state index in [1.807, 2.05) is 6.92 Å². The van der Waals surface area contributed by atoms with Crippen molar-refractivity contribution in [1.82, 2.24) is 14.6 Å². The first-order chi connectivity index (χ1) is 10.6. The van der Waals surface area contributed by atoms with Gasteiger partial charge in [-0.25, -0.2) is 22.5 Å². The molecule has 0 radical (unpaired) electrons. The van der Waals surface area contributed by atoms with Crippen molar-refractivity contribution in [1.29, 1.82) is 0 Å². The summed E-state index contributed by atoms with van der Waals surface area (Å²) < 4.78 is 24.8. The number of carbonyl (C=O) groups is 2. The van der Waals surface area contributed by atoms with Crippen LogP contribution in [0.4, 0.5) is 0 Å². The van der Waals surface area contributed by atoms with E-state index >= 15 is 0 Å². The van der Waals surface area contributed by atoms with E-state index in [2.05, 4.69) is 10.3 Å². The normalized spacial score (nSPS) is 14.3. The van der Waals surface area contributed by atoms with Gasteiger partial charge in [0.25, 0.3) is 15.9 Å². The smallest absolute Gasteiger partial charge is 0.326 e. The molecule has 0 aliphatic rings. The molecule has 0 aliphatic carbocycles. The molecule has 1 heterocycles. The van der Waals surface area contributed by atoms with Crippen LogP contribution < -0.4 is 5.32 Å². The SMILES string of the molecule is CC[C@H](C)[C@H](NC(=O)c1ccc(S(=O)(=O)N(C)C)nc1)C(=O)O. The van der Waals surface area contributed by atoms with E-state index < -0.39 is 27.9 Å². The van der Waals surface area contributed by atoms with E-state index in [1.165, 1.54) is 26.2 Å². The lowest BCUT2D eigenvalue weighted by atomic mass is 9.99. The van der Waals surface area contributed by atoms with Crippen LogP contribution in [0.5, 0.6) is 0 Å². The lowest BCUT2D eigenvalue weighted by Crippen LogP contribution is -2.45. The Kier molecular flexibility index (Phi) is 6.22. The summed E-state index contributed by atoms with van der Waals surface area (Å²) in [5.41, 5.74) is 0.0947. The highest BCUT2D eigenvalue weighted by Crippen LogP contribution is 2.12. The zero-order valence-electron chi connectivity index (χ0n) is 13.5. The number of carbonyl (C=O) groups excluding carboxylic acids is 1. The number of carboxylic acid groups (broad SMARTS) is 1. The number of hydrogen-bond donors (Lipinski definition) is 2. The molecule has 1 aromatic rings. The van der Waals surface area contributed by atoms with Gasteiger partial charge in [0.2, 0.25) is 0 Å². The monoisotopic (exact) mass is 343 g/mol. The molecule has 0 saturated heterocycles. The quantitative estimate of drug-likeness (QED) is 0.747. The van der Waals surface area contributed by atoms with Gasteiger partial charge >= 0.3 is 5.97 Å². The molecule has 0 saturated carbocycles. The van der Waals surface area contributed by atoms with Crippen molar-refractivity contribution in [2.75, 3.05) is 14.1 Å². The van der Waals surface area contributed by atoms with Gasteiger partial charge in [-0.3, -0.25) is 4.79 Å². The average Bonchev–Trinajstić information content (AvgIpc) is 2.51. The summed E-state index contributed by atoms with van der Waals surface area (Å²) in [4.78, 5) is 27.1. The minimum absolute atomic E-state index is 0.0947. The average molecular weight is 343 g/mol. The predicted octanol–water partition coefficient (Wildman–Crippen LogP) is 0.561. The predicted molar refractivity (Wildman–Crippen MR) is 83.5 cm³/mol. The Labute approximate surface area is 135 Å². The highest BCUT2D eigenvalue weighted by Gasteiger charge is 2.26. The summed E-state index contributed by atoms with van der Waals surface area (Å²) in [5.74, 6) is -1.97. The third-order valence-corrected chi connectivity index (χ3v) is 5.24. The van der Waals surface area contributed by atoms with Crippen LogP contribution in [0.1, 0.15) is 30.6 Å². The number of aliphatic carboxylic acids is 1. The summed E-state index contributed by atoms with van der Waals surface area (Å²) in [7, 11) is -0.924. The molecule has 8 nitrogen and oxygen atoms in total. The molecule has 23 heavy (non-hydrogen) atoms. The van der Waals surface area contributed by atoms with Crippen LogP contribution in [0.2, 0.25) is 0 Å². The number of rotatable bonds is 7. The van der Waals surface area contributed by atoms with Gasteiger partial charge in [-0.1, -0.05) is 20.3 Å². The fourth-order valence-corrected chi connectivity index (χ4v) is 2.56. The summed E-state index contributed by atoms with van der Waals surface area (Å²) in [5, 5.41) is 11.4. The van der Waals surface area contributed by atoms with Crippen LogP contribution in [0.25, 0.3) is 0 Å². The van der Waals surface area contributed by atoms with Crippen LogP contribution in [0.15, 0.2) is 23.4 Å². The molecule has 0 fully saturated rings. The van der Waals surface area contributed by atoms with Gasteiger partial charge in [-0.15, -0.1) is 0 Å². The second kappa shape index (κ2) is 7.51. The van der Waals surface area contributed by atoms with E-state index in [9.17, 15) is 18.0 Å². The van der Waals surface area contributed by atoms with Crippen LogP contribution in [0.3, 0.4) is 0 Å². The van der Waals surface area contributed by atoms with E-state index in [0.717, 1.165) is 10.5 Å². The second-order valence-electron chi connectivity index (χ2n) is 5.35. The van der Waals surface area contributed by atoms with Crippen molar-refractivity contribution in [3.05, 3.63) is 23.9 Å². The summed E-state index contributed by atoms with van der Waals surface area (Å²) in [6, 6.07) is 1.50. The lowest BCUT2D eigenvalue weighted by molar-refractivity contribution is -0.140. The number of hydrogen-bond acceptors (Lipinski definition) is 5. The molecule has 0 aliphatic heterocycles. The Hall–Kier alpha value is -2.00. The molecule has 1 amide bonds. The Morgan fingerprint density at radius 1 is 1.35 bits per heavy atom. The minimum Gasteiger partial charge on any atom is -0.480 e. The summed E-state index contributed by atoms with van der Waals surface area (Å²) in [6.07, 6.45) is 1.71. The number of pyridine rings is 1. The zero-order valence-corrected chi connectivity index (χ0v) is 14.3. The zero-order chi connectivity index (χ0) is 17.8. The molecule has 2 N–H and O–H groups in total. The molecular formula is C14H21N3O5S. The van der Waals surface area contributed by atoms with Crippen molar-refractivity contribution in [2.24, 2.45) is 5.92 Å². The number of sulfonamides is 1. The van der Waals surface area contributed by atoms with Gasteiger partial charge in [0.15, 0.2) is 5.03 Å². The number of nitrogens with one attached hydrogen (secondary N) is 1. The third-order valence-electron chi connectivity index (χ3n) is 3.51. The molecule has 9 heteroatoms. The Balaban J connectivity index is 2.96. The van der Waals surface area contributed by atoms with Crippen molar-refractivity contribution < 1.29 is 23.1 Å².